The van der Waals surface area contributed by atoms with Gasteiger partial charge in [-0.05, 0) is 12.8 Å². The first-order chi connectivity index (χ1) is 4.33. The van der Waals surface area contributed by atoms with E-state index in [4.69, 9.17) is 0 Å². The lowest BCUT2D eigenvalue weighted by molar-refractivity contribution is 0.228. The Morgan fingerprint density at radius 3 is 3.00 bits per heavy atom. The second-order valence-corrected chi connectivity index (χ2v) is 2.29. The number of urea groups is 1. The third-order valence-corrected chi connectivity index (χ3v) is 1.61. The first kappa shape index (κ1) is 6.39. The van der Waals surface area contributed by atoms with Crippen molar-refractivity contribution in [1.82, 2.24) is 10.6 Å². The Bertz CT molecular complexity index is 114. The fourth-order valence-electron chi connectivity index (χ4n) is 0.975. The SMILES string of the molecule is CC[C@@H]1CCNC(=O)N1. The van der Waals surface area contributed by atoms with Gasteiger partial charge in [0.2, 0.25) is 0 Å². The summed E-state index contributed by atoms with van der Waals surface area (Å²) in [4.78, 5) is 10.6. The smallest absolute Gasteiger partial charge is 0.315 e. The molecule has 9 heavy (non-hydrogen) atoms. The Labute approximate surface area is 54.8 Å². The van der Waals surface area contributed by atoms with E-state index in [0.717, 1.165) is 19.4 Å². The number of carbonyl (C=O) groups is 1. The molecule has 0 saturated carbocycles. The Morgan fingerprint density at radius 2 is 2.56 bits per heavy atom. The van der Waals surface area contributed by atoms with Crippen molar-refractivity contribution < 1.29 is 4.79 Å². The third kappa shape index (κ3) is 1.59. The van der Waals surface area contributed by atoms with E-state index in [9.17, 15) is 4.79 Å². The molecule has 1 heterocycles. The lowest BCUT2D eigenvalue weighted by Crippen LogP contribution is -2.48. The molecule has 0 aromatic heterocycles. The lowest BCUT2D eigenvalue weighted by Gasteiger charge is -2.22. The van der Waals surface area contributed by atoms with E-state index < -0.39 is 0 Å². The minimum absolute atomic E-state index is 0.0203. The number of hydrogen-bond donors (Lipinski definition) is 2. The van der Waals surface area contributed by atoms with Crippen LogP contribution in [-0.4, -0.2) is 18.6 Å². The predicted molar refractivity (Wildman–Crippen MR) is 35.2 cm³/mol. The summed E-state index contributed by atoms with van der Waals surface area (Å²) >= 11 is 0. The van der Waals surface area contributed by atoms with Crippen LogP contribution in [0.3, 0.4) is 0 Å². The van der Waals surface area contributed by atoms with E-state index in [1.54, 1.807) is 0 Å². The number of rotatable bonds is 1. The summed E-state index contributed by atoms with van der Waals surface area (Å²) < 4.78 is 0. The van der Waals surface area contributed by atoms with Crippen LogP contribution in [0.25, 0.3) is 0 Å². The fourth-order valence-corrected chi connectivity index (χ4v) is 0.975. The highest BCUT2D eigenvalue weighted by Crippen LogP contribution is 1.99. The van der Waals surface area contributed by atoms with E-state index in [1.807, 2.05) is 0 Å². The van der Waals surface area contributed by atoms with Gasteiger partial charge in [-0.15, -0.1) is 0 Å². The molecule has 2 amide bonds. The summed E-state index contributed by atoms with van der Waals surface area (Å²) in [5.41, 5.74) is 0. The molecule has 52 valence electrons. The molecule has 0 aliphatic carbocycles. The molecule has 1 saturated heterocycles. The van der Waals surface area contributed by atoms with Gasteiger partial charge in [-0.3, -0.25) is 0 Å². The molecule has 0 aromatic rings. The highest BCUT2D eigenvalue weighted by Gasteiger charge is 2.14. The van der Waals surface area contributed by atoms with E-state index in [1.165, 1.54) is 0 Å². The van der Waals surface area contributed by atoms with E-state index >= 15 is 0 Å². The monoisotopic (exact) mass is 128 g/mol. The van der Waals surface area contributed by atoms with E-state index in [0.29, 0.717) is 6.04 Å². The van der Waals surface area contributed by atoms with Gasteiger partial charge >= 0.3 is 6.03 Å². The normalized spacial score (nSPS) is 26.8. The van der Waals surface area contributed by atoms with Crippen molar-refractivity contribution in [3.63, 3.8) is 0 Å². The number of carbonyl (C=O) groups excluding carboxylic acids is 1. The fraction of sp³-hybridized carbons (Fsp3) is 0.833. The highest BCUT2D eigenvalue weighted by atomic mass is 16.2. The minimum atomic E-state index is -0.0203. The zero-order chi connectivity index (χ0) is 6.69. The topological polar surface area (TPSA) is 41.1 Å². The molecule has 1 fully saturated rings. The van der Waals surface area contributed by atoms with Gasteiger partial charge in [-0.25, -0.2) is 4.79 Å². The van der Waals surface area contributed by atoms with Crippen LogP contribution in [0.2, 0.25) is 0 Å². The first-order valence-electron chi connectivity index (χ1n) is 3.37. The van der Waals surface area contributed by atoms with Gasteiger partial charge in [0.05, 0.1) is 0 Å². The number of amides is 2. The molecule has 1 rings (SSSR count). The maximum absolute atomic E-state index is 10.6. The molecule has 1 atom stereocenters. The van der Waals surface area contributed by atoms with Crippen molar-refractivity contribution in [3.8, 4) is 0 Å². The van der Waals surface area contributed by atoms with Crippen LogP contribution in [-0.2, 0) is 0 Å². The predicted octanol–water partition coefficient (Wildman–Crippen LogP) is 0.468. The van der Waals surface area contributed by atoms with Crippen LogP contribution in [0, 0.1) is 0 Å². The van der Waals surface area contributed by atoms with Crippen LogP contribution >= 0.6 is 0 Å². The second-order valence-electron chi connectivity index (χ2n) is 2.29. The largest absolute Gasteiger partial charge is 0.338 e. The summed E-state index contributed by atoms with van der Waals surface area (Å²) in [6.07, 6.45) is 2.09. The van der Waals surface area contributed by atoms with Gasteiger partial charge in [0.15, 0.2) is 0 Å². The highest BCUT2D eigenvalue weighted by molar-refractivity contribution is 5.74. The maximum atomic E-state index is 10.6. The number of hydrogen-bond acceptors (Lipinski definition) is 1. The molecular formula is C6H12N2O. The van der Waals surface area contributed by atoms with Gasteiger partial charge in [-0.2, -0.15) is 0 Å². The van der Waals surface area contributed by atoms with Crippen molar-refractivity contribution in [2.24, 2.45) is 0 Å². The van der Waals surface area contributed by atoms with Crippen molar-refractivity contribution in [2.45, 2.75) is 25.8 Å². The third-order valence-electron chi connectivity index (χ3n) is 1.61. The molecule has 3 heteroatoms. The lowest BCUT2D eigenvalue weighted by atomic mass is 10.1. The first-order valence-corrected chi connectivity index (χ1v) is 3.37. The molecule has 2 N–H and O–H groups in total. The average Bonchev–Trinajstić information content (AvgIpc) is 1.88. The van der Waals surface area contributed by atoms with Gasteiger partial charge in [0.1, 0.15) is 0 Å². The van der Waals surface area contributed by atoms with Crippen LogP contribution in [0.5, 0.6) is 0 Å². The van der Waals surface area contributed by atoms with E-state index in [-0.39, 0.29) is 6.03 Å². The molecule has 0 bridgehead atoms. The molecular weight excluding hydrogens is 116 g/mol. The van der Waals surface area contributed by atoms with Gasteiger partial charge in [0, 0.05) is 12.6 Å². The summed E-state index contributed by atoms with van der Waals surface area (Å²) in [5.74, 6) is 0. The summed E-state index contributed by atoms with van der Waals surface area (Å²) in [5, 5.41) is 5.51. The zero-order valence-corrected chi connectivity index (χ0v) is 5.61. The van der Waals surface area contributed by atoms with Gasteiger partial charge in [-0.1, -0.05) is 6.92 Å². The molecule has 0 aromatic carbocycles. The number of nitrogens with one attached hydrogen (secondary N) is 2. The molecule has 0 spiro atoms. The van der Waals surface area contributed by atoms with Crippen molar-refractivity contribution in [3.05, 3.63) is 0 Å². The Kier molecular flexibility index (Phi) is 1.92. The van der Waals surface area contributed by atoms with Crippen molar-refractivity contribution in [2.75, 3.05) is 6.54 Å². The zero-order valence-electron chi connectivity index (χ0n) is 5.61. The summed E-state index contributed by atoms with van der Waals surface area (Å²) in [7, 11) is 0. The quantitative estimate of drug-likeness (QED) is 0.529. The summed E-state index contributed by atoms with van der Waals surface area (Å²) in [6.45, 7) is 2.90. The Morgan fingerprint density at radius 1 is 1.78 bits per heavy atom. The second kappa shape index (κ2) is 2.71. The van der Waals surface area contributed by atoms with Crippen molar-refractivity contribution >= 4 is 6.03 Å². The van der Waals surface area contributed by atoms with Gasteiger partial charge in [0.25, 0.3) is 0 Å². The van der Waals surface area contributed by atoms with Crippen LogP contribution < -0.4 is 10.6 Å². The standard InChI is InChI=1S/C6H12N2O/c1-2-5-3-4-7-6(9)8-5/h5H,2-4H2,1H3,(H2,7,8,9)/t5-/m1/s1. The average molecular weight is 128 g/mol. The molecule has 0 radical (unpaired) electrons. The van der Waals surface area contributed by atoms with Crippen LogP contribution in [0.4, 0.5) is 4.79 Å². The van der Waals surface area contributed by atoms with Gasteiger partial charge < -0.3 is 10.6 Å². The molecule has 3 nitrogen and oxygen atoms in total. The van der Waals surface area contributed by atoms with Crippen LogP contribution in [0.1, 0.15) is 19.8 Å². The Hall–Kier alpha value is -0.730. The Balaban J connectivity index is 2.32. The maximum Gasteiger partial charge on any atom is 0.315 e. The molecule has 1 aliphatic heterocycles. The van der Waals surface area contributed by atoms with Crippen molar-refractivity contribution in [1.29, 1.82) is 0 Å². The summed E-state index contributed by atoms with van der Waals surface area (Å²) in [6, 6.07) is 0.381. The minimum Gasteiger partial charge on any atom is -0.338 e. The molecule has 1 aliphatic rings. The van der Waals surface area contributed by atoms with E-state index in [2.05, 4.69) is 17.6 Å². The molecule has 0 unspecified atom stereocenters. The van der Waals surface area contributed by atoms with Crippen LogP contribution in [0.15, 0.2) is 0 Å².